The molecule has 2 nitrogen and oxygen atoms in total. The van der Waals surface area contributed by atoms with Crippen LogP contribution >= 0.6 is 55.5 Å². The summed E-state index contributed by atoms with van der Waals surface area (Å²) in [4.78, 5) is 0. The Bertz CT molecular complexity index is 454. The second kappa shape index (κ2) is 7.89. The molecule has 0 bridgehead atoms. The SMILES string of the molecule is Fc1cccc(-c2nnc(Br)s2)c1.[Br][Cu][Br]. The first kappa shape index (κ1) is 14.7. The van der Waals surface area contributed by atoms with Crippen molar-refractivity contribution in [1.29, 1.82) is 0 Å². The van der Waals surface area contributed by atoms with Gasteiger partial charge in [-0.2, -0.15) is 0 Å². The molecule has 0 radical (unpaired) electrons. The van der Waals surface area contributed by atoms with Gasteiger partial charge in [-0.1, -0.05) is 23.5 Å². The van der Waals surface area contributed by atoms with E-state index in [1.807, 2.05) is 0 Å². The summed E-state index contributed by atoms with van der Waals surface area (Å²) in [7, 11) is 0. The standard InChI is InChI=1S/C8H4BrFN2S.2BrH.Cu/c9-8-12-11-7(13-8)5-2-1-3-6(10)4-5;;;/h1-4H;2*1H;/q;;;+2/p-2. The molecule has 8 heteroatoms. The van der Waals surface area contributed by atoms with Crippen molar-refractivity contribution in [1.82, 2.24) is 10.2 Å². The van der Waals surface area contributed by atoms with Crippen molar-refractivity contribution < 1.29 is 15.7 Å². The number of benzene rings is 1. The average molecular weight is 482 g/mol. The van der Waals surface area contributed by atoms with E-state index in [9.17, 15) is 4.39 Å². The molecule has 0 saturated heterocycles. The number of aromatic nitrogens is 2. The van der Waals surface area contributed by atoms with E-state index in [0.717, 1.165) is 5.56 Å². The van der Waals surface area contributed by atoms with Crippen LogP contribution in [0, 0.1) is 5.82 Å². The molecule has 0 amide bonds. The molecule has 0 saturated carbocycles. The zero-order valence-electron chi connectivity index (χ0n) is 7.43. The molecule has 16 heavy (non-hydrogen) atoms. The van der Waals surface area contributed by atoms with E-state index >= 15 is 0 Å². The number of halogens is 4. The van der Waals surface area contributed by atoms with Crippen LogP contribution in [0.2, 0.25) is 0 Å². The van der Waals surface area contributed by atoms with Crippen molar-refractivity contribution in [3.63, 3.8) is 0 Å². The summed E-state index contributed by atoms with van der Waals surface area (Å²) in [6, 6.07) is 6.29. The summed E-state index contributed by atoms with van der Waals surface area (Å²) in [6.07, 6.45) is 0. The van der Waals surface area contributed by atoms with E-state index in [0.29, 0.717) is 8.92 Å². The molecule has 1 aromatic carbocycles. The number of nitrogens with zero attached hydrogens (tertiary/aromatic N) is 2. The van der Waals surface area contributed by atoms with Gasteiger partial charge >= 0.3 is 39.6 Å². The Kier molecular flexibility index (Phi) is 7.27. The second-order valence-corrected chi connectivity index (χ2v) is 9.42. The van der Waals surface area contributed by atoms with Crippen LogP contribution in [-0.4, -0.2) is 10.2 Å². The zero-order valence-corrected chi connectivity index (χ0v) is 13.9. The van der Waals surface area contributed by atoms with Gasteiger partial charge in [0.15, 0.2) is 3.92 Å². The van der Waals surface area contributed by atoms with Crippen LogP contribution in [0.25, 0.3) is 10.6 Å². The van der Waals surface area contributed by atoms with E-state index in [1.165, 1.54) is 34.8 Å². The molecule has 0 aliphatic heterocycles. The van der Waals surface area contributed by atoms with Crippen molar-refractivity contribution in [3.05, 3.63) is 34.0 Å². The molecular weight excluding hydrogens is 478 g/mol. The fourth-order valence-corrected chi connectivity index (χ4v) is 2.05. The molecule has 0 aliphatic carbocycles. The summed E-state index contributed by atoms with van der Waals surface area (Å²) in [6.45, 7) is 0. The third-order valence-electron chi connectivity index (χ3n) is 1.47. The van der Waals surface area contributed by atoms with Crippen molar-refractivity contribution in [2.24, 2.45) is 0 Å². The van der Waals surface area contributed by atoms with Gasteiger partial charge in [-0.25, -0.2) is 4.39 Å². The monoisotopic (exact) mass is 479 g/mol. The van der Waals surface area contributed by atoms with Gasteiger partial charge in [-0.05, 0) is 28.1 Å². The molecule has 0 aliphatic rings. The predicted octanol–water partition coefficient (Wildman–Crippen LogP) is 4.80. The van der Waals surface area contributed by atoms with Crippen LogP contribution in [0.3, 0.4) is 0 Å². The first-order valence-electron chi connectivity index (χ1n) is 3.73. The minimum atomic E-state index is -0.260. The van der Waals surface area contributed by atoms with Crippen LogP contribution in [0.15, 0.2) is 28.2 Å². The third kappa shape index (κ3) is 4.89. The van der Waals surface area contributed by atoms with Crippen molar-refractivity contribution in [2.75, 3.05) is 0 Å². The van der Waals surface area contributed by atoms with Gasteiger partial charge in [0.1, 0.15) is 10.8 Å². The Morgan fingerprint density at radius 3 is 2.44 bits per heavy atom. The van der Waals surface area contributed by atoms with Gasteiger partial charge < -0.3 is 0 Å². The maximum absolute atomic E-state index is 12.8. The van der Waals surface area contributed by atoms with Crippen molar-refractivity contribution >= 4 is 55.5 Å². The maximum atomic E-state index is 12.8. The summed E-state index contributed by atoms with van der Waals surface area (Å²) >= 11 is 12.0. The molecule has 1 heterocycles. The topological polar surface area (TPSA) is 25.8 Å². The summed E-state index contributed by atoms with van der Waals surface area (Å²) in [5.74, 6) is -0.260. The number of rotatable bonds is 1. The Morgan fingerprint density at radius 1 is 1.25 bits per heavy atom. The Morgan fingerprint density at radius 2 is 1.94 bits per heavy atom. The molecule has 2 aromatic rings. The van der Waals surface area contributed by atoms with Crippen LogP contribution in [0.4, 0.5) is 4.39 Å². The van der Waals surface area contributed by atoms with E-state index in [4.69, 9.17) is 0 Å². The molecule has 91 valence electrons. The Balaban J connectivity index is 0.000000386. The predicted molar refractivity (Wildman–Crippen MR) is 70.9 cm³/mol. The second-order valence-electron chi connectivity index (χ2n) is 2.41. The van der Waals surface area contributed by atoms with Gasteiger partial charge in [-0.15, -0.1) is 10.2 Å². The zero-order chi connectivity index (χ0) is 12.0. The van der Waals surface area contributed by atoms with Gasteiger partial charge in [0.05, 0.1) is 0 Å². The van der Waals surface area contributed by atoms with E-state index in [1.54, 1.807) is 12.1 Å². The molecule has 0 atom stereocenters. The van der Waals surface area contributed by atoms with E-state index < -0.39 is 0 Å². The molecule has 0 unspecified atom stereocenters. The van der Waals surface area contributed by atoms with Gasteiger partial charge in [0.2, 0.25) is 0 Å². The Labute approximate surface area is 125 Å². The molecule has 0 spiro atoms. The van der Waals surface area contributed by atoms with Crippen molar-refractivity contribution in [2.45, 2.75) is 0 Å². The van der Waals surface area contributed by atoms with Crippen molar-refractivity contribution in [3.8, 4) is 10.6 Å². The van der Waals surface area contributed by atoms with Crippen LogP contribution in [-0.2, 0) is 11.3 Å². The van der Waals surface area contributed by atoms with Crippen LogP contribution in [0.5, 0.6) is 0 Å². The quantitative estimate of drug-likeness (QED) is 0.546. The van der Waals surface area contributed by atoms with E-state index in [-0.39, 0.29) is 5.82 Å². The molecule has 2 rings (SSSR count). The molecule has 1 aromatic heterocycles. The minimum absolute atomic E-state index is 0.260. The van der Waals surface area contributed by atoms with Crippen LogP contribution < -0.4 is 0 Å². The third-order valence-corrected chi connectivity index (χ3v) is 2.88. The summed E-state index contributed by atoms with van der Waals surface area (Å²) in [5.41, 5.74) is 0.753. The fraction of sp³-hybridized carbons (Fsp3) is 0. The van der Waals surface area contributed by atoms with Gasteiger partial charge in [-0.3, -0.25) is 0 Å². The first-order chi connectivity index (χ1) is 7.67. The number of hydrogen-bond acceptors (Lipinski definition) is 3. The first-order valence-corrected chi connectivity index (χ1v) is 10.00. The number of hydrogen-bond donors (Lipinski definition) is 0. The average Bonchev–Trinajstić information content (AvgIpc) is 2.66. The fourth-order valence-electron chi connectivity index (χ4n) is 0.943. The normalized spacial score (nSPS) is 9.75. The summed E-state index contributed by atoms with van der Waals surface area (Å²) < 4.78 is 13.5. The Hall–Kier alpha value is 0.669. The molecule has 0 N–H and O–H groups in total. The summed E-state index contributed by atoms with van der Waals surface area (Å²) in [5, 5.41) is 8.38. The molecule has 0 fully saturated rings. The van der Waals surface area contributed by atoms with Crippen LogP contribution in [0.1, 0.15) is 0 Å². The van der Waals surface area contributed by atoms with Gasteiger partial charge in [0, 0.05) is 5.56 Å². The van der Waals surface area contributed by atoms with E-state index in [2.05, 4.69) is 54.3 Å². The molecular formula is C8H4Br3CuFN2S. The van der Waals surface area contributed by atoms with Gasteiger partial charge in [0.25, 0.3) is 0 Å².